The van der Waals surface area contributed by atoms with Crippen LogP contribution in [0, 0.1) is 0 Å². The zero-order valence-corrected chi connectivity index (χ0v) is 11.1. The smallest absolute Gasteiger partial charge is 0.197 e. The van der Waals surface area contributed by atoms with Crippen molar-refractivity contribution in [3.63, 3.8) is 0 Å². The first kappa shape index (κ1) is 15.9. The quantitative estimate of drug-likeness (QED) is 0.357. The Morgan fingerprint density at radius 1 is 1.29 bits per heavy atom. The van der Waals surface area contributed by atoms with Crippen LogP contribution in [-0.2, 0) is 0 Å². The number of ketones is 1. The average Bonchev–Trinajstić information content (AvgIpc) is 2.15. The third-order valence-corrected chi connectivity index (χ3v) is 2.22. The number of rotatable bonds is 4. The number of anilines is 1. The third kappa shape index (κ3) is 5.17. The fourth-order valence-electron chi connectivity index (χ4n) is 1.44. The number of carbonyl (C=O) groups excluding carboxylic acids is 1. The Kier molecular flexibility index (Phi) is 5.61. The first-order valence-electron chi connectivity index (χ1n) is 5.18. The van der Waals surface area contributed by atoms with Crippen LogP contribution < -0.4 is 18.1 Å². The van der Waals surface area contributed by atoms with Crippen molar-refractivity contribution >= 4 is 11.5 Å². The zero-order valence-electron chi connectivity index (χ0n) is 10.4. The van der Waals surface area contributed by atoms with Crippen molar-refractivity contribution in [3.05, 3.63) is 29.8 Å². The molecule has 0 aliphatic carbocycles. The highest BCUT2D eigenvalue weighted by molar-refractivity contribution is 5.99. The van der Waals surface area contributed by atoms with Crippen LogP contribution in [0.5, 0.6) is 0 Å². The molecule has 96 valence electrons. The Morgan fingerprint density at radius 3 is 2.18 bits per heavy atom. The van der Waals surface area contributed by atoms with Crippen LogP contribution in [0.1, 0.15) is 10.4 Å². The highest BCUT2D eigenvalue weighted by atomic mass is 35.5. The second-order valence-electron chi connectivity index (χ2n) is 4.97. The van der Waals surface area contributed by atoms with E-state index in [1.54, 1.807) is 24.3 Å². The largest absolute Gasteiger partial charge is 1.00 e. The lowest BCUT2D eigenvalue weighted by molar-refractivity contribution is -0.872. The number of hydrogen-bond acceptors (Lipinski definition) is 3. The number of Topliss-reactive ketones (excluding diaryl/α,β-unsaturated/α-hetero) is 1. The van der Waals surface area contributed by atoms with Gasteiger partial charge in [0.1, 0.15) is 6.54 Å². The molecule has 1 aromatic carbocycles. The number of aliphatic hydroxyl groups is 1. The number of quaternary nitrogens is 1. The number of carbonyl (C=O) groups is 1. The van der Waals surface area contributed by atoms with E-state index in [9.17, 15) is 9.90 Å². The van der Waals surface area contributed by atoms with Crippen LogP contribution in [0.4, 0.5) is 5.69 Å². The van der Waals surface area contributed by atoms with Gasteiger partial charge < -0.3 is 27.7 Å². The molecule has 1 atom stereocenters. The Balaban J connectivity index is 0.00000256. The van der Waals surface area contributed by atoms with Gasteiger partial charge in [0.2, 0.25) is 0 Å². The van der Waals surface area contributed by atoms with Gasteiger partial charge in [0.25, 0.3) is 0 Å². The fourth-order valence-corrected chi connectivity index (χ4v) is 1.44. The maximum absolute atomic E-state index is 11.8. The number of halogens is 1. The predicted octanol–water partition coefficient (Wildman–Crippen LogP) is -2.48. The van der Waals surface area contributed by atoms with E-state index >= 15 is 0 Å². The van der Waals surface area contributed by atoms with Crippen molar-refractivity contribution in [2.45, 2.75) is 6.10 Å². The summed E-state index contributed by atoms with van der Waals surface area (Å²) in [5.41, 5.74) is 6.63. The molecule has 0 heterocycles. The van der Waals surface area contributed by atoms with Gasteiger partial charge in [0.05, 0.1) is 21.1 Å². The van der Waals surface area contributed by atoms with E-state index in [0.29, 0.717) is 22.3 Å². The minimum atomic E-state index is -0.969. The van der Waals surface area contributed by atoms with Crippen molar-refractivity contribution < 1.29 is 26.8 Å². The van der Waals surface area contributed by atoms with Gasteiger partial charge in [0.15, 0.2) is 11.9 Å². The second-order valence-corrected chi connectivity index (χ2v) is 4.97. The molecule has 5 heteroatoms. The predicted molar refractivity (Wildman–Crippen MR) is 64.1 cm³/mol. The van der Waals surface area contributed by atoms with Crippen LogP contribution in [-0.4, -0.2) is 49.2 Å². The van der Waals surface area contributed by atoms with E-state index in [1.807, 2.05) is 21.1 Å². The highest BCUT2D eigenvalue weighted by Gasteiger charge is 2.23. The van der Waals surface area contributed by atoms with Gasteiger partial charge in [0, 0.05) is 11.3 Å². The molecular formula is C12H19ClN2O2. The molecule has 4 nitrogen and oxygen atoms in total. The van der Waals surface area contributed by atoms with Crippen molar-refractivity contribution in [1.82, 2.24) is 0 Å². The molecule has 0 spiro atoms. The molecule has 0 saturated carbocycles. The Morgan fingerprint density at radius 2 is 1.76 bits per heavy atom. The van der Waals surface area contributed by atoms with Crippen LogP contribution in [0.25, 0.3) is 0 Å². The van der Waals surface area contributed by atoms with Crippen LogP contribution >= 0.6 is 0 Å². The lowest BCUT2D eigenvalue weighted by Crippen LogP contribution is -3.00. The minimum Gasteiger partial charge on any atom is -1.00 e. The van der Waals surface area contributed by atoms with E-state index in [-0.39, 0.29) is 18.2 Å². The molecule has 1 unspecified atom stereocenters. The molecule has 0 aliphatic heterocycles. The van der Waals surface area contributed by atoms with Gasteiger partial charge in [-0.1, -0.05) is 0 Å². The monoisotopic (exact) mass is 258 g/mol. The molecule has 1 rings (SSSR count). The number of nitrogens with two attached hydrogens (primary N) is 1. The number of nitrogen functional groups attached to an aromatic ring is 1. The third-order valence-electron chi connectivity index (χ3n) is 2.22. The van der Waals surface area contributed by atoms with E-state index in [0.717, 1.165) is 0 Å². The lowest BCUT2D eigenvalue weighted by Gasteiger charge is -2.26. The summed E-state index contributed by atoms with van der Waals surface area (Å²) in [6, 6.07) is 6.59. The van der Waals surface area contributed by atoms with Gasteiger partial charge >= 0.3 is 0 Å². The first-order valence-corrected chi connectivity index (χ1v) is 5.18. The number of nitrogens with zero attached hydrogens (tertiary/aromatic N) is 1. The second kappa shape index (κ2) is 6.00. The highest BCUT2D eigenvalue weighted by Crippen LogP contribution is 2.09. The molecular weight excluding hydrogens is 240 g/mol. The van der Waals surface area contributed by atoms with Crippen LogP contribution in [0.15, 0.2) is 24.3 Å². The summed E-state index contributed by atoms with van der Waals surface area (Å²) >= 11 is 0. The Hall–Kier alpha value is -1.10. The summed E-state index contributed by atoms with van der Waals surface area (Å²) in [5.74, 6) is -0.256. The molecule has 17 heavy (non-hydrogen) atoms. The molecule has 3 N–H and O–H groups in total. The normalized spacial score (nSPS) is 12.7. The standard InChI is InChI=1S/C12H18N2O2.ClH/c1-14(2,3)8-11(15)12(16)9-4-6-10(13)7-5-9;/h4-7,11,15H,8H2,1-3H3,(H-,13,16);1H. The molecule has 0 radical (unpaired) electrons. The van der Waals surface area contributed by atoms with Crippen molar-refractivity contribution in [3.8, 4) is 0 Å². The summed E-state index contributed by atoms with van der Waals surface area (Å²) in [5, 5.41) is 9.78. The number of benzene rings is 1. The van der Waals surface area contributed by atoms with Crippen LogP contribution in [0.2, 0.25) is 0 Å². The van der Waals surface area contributed by atoms with Gasteiger partial charge in [-0.15, -0.1) is 0 Å². The summed E-state index contributed by atoms with van der Waals surface area (Å²) in [7, 11) is 5.79. The maximum Gasteiger partial charge on any atom is 0.197 e. The van der Waals surface area contributed by atoms with E-state index in [4.69, 9.17) is 5.73 Å². The molecule has 0 aromatic heterocycles. The Bertz CT molecular complexity index is 371. The SMILES string of the molecule is C[N+](C)(C)CC(O)C(=O)c1ccc(N)cc1.[Cl-]. The van der Waals surface area contributed by atoms with Crippen LogP contribution in [0.3, 0.4) is 0 Å². The van der Waals surface area contributed by atoms with E-state index < -0.39 is 6.10 Å². The molecule has 0 bridgehead atoms. The van der Waals surface area contributed by atoms with Crippen molar-refractivity contribution in [2.24, 2.45) is 0 Å². The summed E-state index contributed by atoms with van der Waals surface area (Å²) in [4.78, 5) is 11.8. The fraction of sp³-hybridized carbons (Fsp3) is 0.417. The lowest BCUT2D eigenvalue weighted by atomic mass is 10.1. The average molecular weight is 259 g/mol. The Labute approximate surface area is 108 Å². The molecule has 0 amide bonds. The topological polar surface area (TPSA) is 63.3 Å². The summed E-state index contributed by atoms with van der Waals surface area (Å²) in [6.45, 7) is 0.392. The molecule has 0 fully saturated rings. The zero-order chi connectivity index (χ0) is 12.3. The van der Waals surface area contributed by atoms with E-state index in [2.05, 4.69) is 0 Å². The summed E-state index contributed by atoms with van der Waals surface area (Å²) < 4.78 is 0.544. The van der Waals surface area contributed by atoms with Gasteiger partial charge in [-0.3, -0.25) is 4.79 Å². The van der Waals surface area contributed by atoms with Crippen molar-refractivity contribution in [2.75, 3.05) is 33.4 Å². The molecule has 0 saturated heterocycles. The van der Waals surface area contributed by atoms with Gasteiger partial charge in [-0.05, 0) is 24.3 Å². The minimum absolute atomic E-state index is 0. The molecule has 0 aliphatic rings. The maximum atomic E-state index is 11.8. The number of hydrogen-bond donors (Lipinski definition) is 2. The van der Waals surface area contributed by atoms with E-state index in [1.165, 1.54) is 0 Å². The number of likely N-dealkylation sites (N-methyl/N-ethyl adjacent to an activating group) is 1. The summed E-state index contributed by atoms with van der Waals surface area (Å²) in [6.07, 6.45) is -0.969. The molecule has 1 aromatic rings. The number of aliphatic hydroxyl groups excluding tert-OH is 1. The first-order chi connectivity index (χ1) is 7.29. The van der Waals surface area contributed by atoms with Gasteiger partial charge in [-0.25, -0.2) is 0 Å². The van der Waals surface area contributed by atoms with Crippen molar-refractivity contribution in [1.29, 1.82) is 0 Å². The van der Waals surface area contributed by atoms with Gasteiger partial charge in [-0.2, -0.15) is 0 Å².